The molecule has 0 aliphatic carbocycles. The van der Waals surface area contributed by atoms with Gasteiger partial charge in [0, 0.05) is 22.6 Å². The normalized spacial score (nSPS) is 22.3. The SMILES string of the molecule is COc1cc(C(F)(F)F)cc(Br)c1C1CC(C(=O)O)CN1. The lowest BCUT2D eigenvalue weighted by Gasteiger charge is -2.19. The van der Waals surface area contributed by atoms with E-state index in [-0.39, 0.29) is 22.8 Å². The molecule has 2 rings (SSSR count). The number of methoxy groups -OCH3 is 1. The molecule has 0 bridgehead atoms. The highest BCUT2D eigenvalue weighted by atomic mass is 79.9. The number of alkyl halides is 3. The Bertz CT molecular complexity index is 562. The number of aliphatic carboxylic acids is 1. The summed E-state index contributed by atoms with van der Waals surface area (Å²) in [6, 6.07) is 1.54. The Labute approximate surface area is 127 Å². The maximum absolute atomic E-state index is 12.8. The lowest BCUT2D eigenvalue weighted by atomic mass is 9.98. The molecule has 1 aromatic rings. The first-order valence-corrected chi connectivity index (χ1v) is 6.94. The minimum atomic E-state index is -4.47. The average Bonchev–Trinajstić information content (AvgIpc) is 2.85. The maximum Gasteiger partial charge on any atom is 0.416 e. The van der Waals surface area contributed by atoms with E-state index in [0.29, 0.717) is 12.0 Å². The maximum atomic E-state index is 12.8. The average molecular weight is 368 g/mol. The minimum absolute atomic E-state index is 0.0836. The minimum Gasteiger partial charge on any atom is -0.496 e. The number of nitrogens with one attached hydrogen (secondary N) is 1. The predicted molar refractivity (Wildman–Crippen MR) is 72.2 cm³/mol. The van der Waals surface area contributed by atoms with Gasteiger partial charge in [-0.2, -0.15) is 13.2 Å². The van der Waals surface area contributed by atoms with Crippen molar-refractivity contribution in [3.63, 3.8) is 0 Å². The second-order valence-corrected chi connectivity index (χ2v) is 5.66. The van der Waals surface area contributed by atoms with Gasteiger partial charge in [0.15, 0.2) is 0 Å². The van der Waals surface area contributed by atoms with Crippen molar-refractivity contribution >= 4 is 21.9 Å². The molecule has 2 atom stereocenters. The van der Waals surface area contributed by atoms with Gasteiger partial charge >= 0.3 is 12.1 Å². The van der Waals surface area contributed by atoms with Gasteiger partial charge in [-0.25, -0.2) is 0 Å². The van der Waals surface area contributed by atoms with E-state index in [4.69, 9.17) is 9.84 Å². The van der Waals surface area contributed by atoms with E-state index in [9.17, 15) is 18.0 Å². The zero-order chi connectivity index (χ0) is 15.8. The van der Waals surface area contributed by atoms with Gasteiger partial charge in [0.25, 0.3) is 0 Å². The van der Waals surface area contributed by atoms with Crippen LogP contribution in [-0.4, -0.2) is 24.7 Å². The number of carbonyl (C=O) groups is 1. The van der Waals surface area contributed by atoms with Crippen molar-refractivity contribution < 1.29 is 27.8 Å². The number of benzene rings is 1. The van der Waals surface area contributed by atoms with Gasteiger partial charge < -0.3 is 15.2 Å². The van der Waals surface area contributed by atoms with Gasteiger partial charge in [0.05, 0.1) is 18.6 Å². The molecular formula is C13H13BrF3NO3. The summed E-state index contributed by atoms with van der Waals surface area (Å²) in [6.45, 7) is 0.274. The fourth-order valence-electron chi connectivity index (χ4n) is 2.41. The van der Waals surface area contributed by atoms with E-state index >= 15 is 0 Å². The van der Waals surface area contributed by atoms with E-state index in [0.717, 1.165) is 12.1 Å². The molecule has 1 fully saturated rings. The molecule has 4 nitrogen and oxygen atoms in total. The van der Waals surface area contributed by atoms with Crippen molar-refractivity contribution in [3.05, 3.63) is 27.7 Å². The van der Waals surface area contributed by atoms with E-state index < -0.39 is 23.6 Å². The van der Waals surface area contributed by atoms with Crippen molar-refractivity contribution in [2.45, 2.75) is 18.6 Å². The van der Waals surface area contributed by atoms with Gasteiger partial charge in [-0.15, -0.1) is 0 Å². The molecule has 21 heavy (non-hydrogen) atoms. The summed E-state index contributed by atoms with van der Waals surface area (Å²) in [4.78, 5) is 11.0. The fourth-order valence-corrected chi connectivity index (χ4v) is 3.13. The monoisotopic (exact) mass is 367 g/mol. The van der Waals surface area contributed by atoms with Crippen LogP contribution in [0.25, 0.3) is 0 Å². The third-order valence-electron chi connectivity index (χ3n) is 3.47. The molecule has 1 heterocycles. The number of hydrogen-bond acceptors (Lipinski definition) is 3. The van der Waals surface area contributed by atoms with E-state index in [2.05, 4.69) is 21.2 Å². The van der Waals surface area contributed by atoms with Crippen LogP contribution in [-0.2, 0) is 11.0 Å². The van der Waals surface area contributed by atoms with Gasteiger partial charge in [0.2, 0.25) is 0 Å². The van der Waals surface area contributed by atoms with Crippen LogP contribution in [0.4, 0.5) is 13.2 Å². The van der Waals surface area contributed by atoms with Crippen molar-refractivity contribution in [3.8, 4) is 5.75 Å². The molecule has 1 aliphatic rings. The number of ether oxygens (including phenoxy) is 1. The van der Waals surface area contributed by atoms with Gasteiger partial charge in [-0.05, 0) is 18.6 Å². The van der Waals surface area contributed by atoms with Crippen LogP contribution in [0.3, 0.4) is 0 Å². The van der Waals surface area contributed by atoms with Gasteiger partial charge in [-0.1, -0.05) is 15.9 Å². The molecule has 0 spiro atoms. The third-order valence-corrected chi connectivity index (χ3v) is 4.12. The summed E-state index contributed by atoms with van der Waals surface area (Å²) in [5.74, 6) is -1.40. The largest absolute Gasteiger partial charge is 0.496 e. The van der Waals surface area contributed by atoms with Gasteiger partial charge in [0.1, 0.15) is 5.75 Å². The summed E-state index contributed by atoms with van der Waals surface area (Å²) in [5, 5.41) is 12.0. The molecule has 0 radical (unpaired) electrons. The number of carboxylic acids is 1. The molecule has 1 aliphatic heterocycles. The third kappa shape index (κ3) is 3.32. The molecule has 2 unspecified atom stereocenters. The summed E-state index contributed by atoms with van der Waals surface area (Å²) < 4.78 is 43.7. The summed E-state index contributed by atoms with van der Waals surface area (Å²) in [6.07, 6.45) is -4.17. The van der Waals surface area contributed by atoms with Crippen LogP contribution in [0.2, 0.25) is 0 Å². The highest BCUT2D eigenvalue weighted by molar-refractivity contribution is 9.10. The van der Waals surface area contributed by atoms with Crippen LogP contribution >= 0.6 is 15.9 Å². The molecule has 1 aromatic carbocycles. The first kappa shape index (κ1) is 16.1. The van der Waals surface area contributed by atoms with Crippen molar-refractivity contribution in [2.24, 2.45) is 5.92 Å². The van der Waals surface area contributed by atoms with Gasteiger partial charge in [-0.3, -0.25) is 4.79 Å². The summed E-state index contributed by atoms with van der Waals surface area (Å²) >= 11 is 3.13. The fraction of sp³-hybridized carbons (Fsp3) is 0.462. The Hall–Kier alpha value is -1.28. The summed E-state index contributed by atoms with van der Waals surface area (Å²) in [5.41, 5.74) is -0.308. The van der Waals surface area contributed by atoms with E-state index in [1.165, 1.54) is 7.11 Å². The van der Waals surface area contributed by atoms with Crippen LogP contribution < -0.4 is 10.1 Å². The number of hydrogen-bond donors (Lipinski definition) is 2. The number of rotatable bonds is 3. The quantitative estimate of drug-likeness (QED) is 0.861. The molecule has 0 amide bonds. The number of halogens is 4. The number of carboxylic acid groups (broad SMARTS) is 1. The Morgan fingerprint density at radius 1 is 1.48 bits per heavy atom. The highest BCUT2D eigenvalue weighted by Crippen LogP contribution is 2.42. The highest BCUT2D eigenvalue weighted by Gasteiger charge is 2.36. The lowest BCUT2D eigenvalue weighted by Crippen LogP contribution is -2.18. The molecule has 2 N–H and O–H groups in total. The van der Waals surface area contributed by atoms with Crippen LogP contribution in [0.5, 0.6) is 5.75 Å². The van der Waals surface area contributed by atoms with Crippen LogP contribution in [0, 0.1) is 5.92 Å². The molecule has 8 heteroatoms. The smallest absolute Gasteiger partial charge is 0.416 e. The lowest BCUT2D eigenvalue weighted by molar-refractivity contribution is -0.141. The van der Waals surface area contributed by atoms with E-state index in [1.54, 1.807) is 0 Å². The molecule has 0 saturated carbocycles. The first-order valence-electron chi connectivity index (χ1n) is 6.15. The molecule has 1 saturated heterocycles. The zero-order valence-electron chi connectivity index (χ0n) is 11.0. The van der Waals surface area contributed by atoms with Crippen molar-refractivity contribution in [2.75, 3.05) is 13.7 Å². The predicted octanol–water partition coefficient (Wildman–Crippen LogP) is 3.21. The Morgan fingerprint density at radius 2 is 2.14 bits per heavy atom. The second kappa shape index (κ2) is 5.84. The first-order chi connectivity index (χ1) is 9.74. The van der Waals surface area contributed by atoms with E-state index in [1.807, 2.05) is 0 Å². The molecule has 116 valence electrons. The zero-order valence-corrected chi connectivity index (χ0v) is 12.6. The Balaban J connectivity index is 2.39. The Morgan fingerprint density at radius 3 is 2.62 bits per heavy atom. The van der Waals surface area contributed by atoms with Crippen LogP contribution in [0.1, 0.15) is 23.6 Å². The topological polar surface area (TPSA) is 58.6 Å². The molecular weight excluding hydrogens is 355 g/mol. The second-order valence-electron chi connectivity index (χ2n) is 4.80. The van der Waals surface area contributed by atoms with Crippen molar-refractivity contribution in [1.82, 2.24) is 5.32 Å². The van der Waals surface area contributed by atoms with Crippen LogP contribution in [0.15, 0.2) is 16.6 Å². The molecule has 0 aromatic heterocycles. The van der Waals surface area contributed by atoms with Crippen molar-refractivity contribution in [1.29, 1.82) is 0 Å². The Kier molecular flexibility index (Phi) is 4.48. The summed E-state index contributed by atoms with van der Waals surface area (Å²) in [7, 11) is 1.29. The standard InChI is InChI=1S/C13H13BrF3NO3/c1-21-10-4-7(13(15,16)17)3-8(14)11(10)9-2-6(5-18-9)12(19)20/h3-4,6,9,18H,2,5H2,1H3,(H,19,20).